The Morgan fingerprint density at radius 3 is 2.21 bits per heavy atom. The lowest BCUT2D eigenvalue weighted by atomic mass is 10.0. The predicted molar refractivity (Wildman–Crippen MR) is 134 cm³/mol. The van der Waals surface area contributed by atoms with Gasteiger partial charge in [-0.05, 0) is 20.3 Å². The van der Waals surface area contributed by atoms with E-state index in [1.807, 2.05) is 79.4 Å². The van der Waals surface area contributed by atoms with E-state index in [2.05, 4.69) is 11.9 Å². The Hall–Kier alpha value is -4.00. The van der Waals surface area contributed by atoms with Gasteiger partial charge in [-0.2, -0.15) is 0 Å². The summed E-state index contributed by atoms with van der Waals surface area (Å²) in [6, 6.07) is 20.1. The van der Waals surface area contributed by atoms with Crippen molar-refractivity contribution in [1.29, 1.82) is 0 Å². The van der Waals surface area contributed by atoms with Crippen LogP contribution in [0, 0.1) is 0 Å². The first kappa shape index (κ1) is 23.2. The van der Waals surface area contributed by atoms with Crippen molar-refractivity contribution >= 4 is 17.7 Å². The molecule has 7 nitrogen and oxygen atoms in total. The third kappa shape index (κ3) is 5.14. The molecule has 0 aliphatic carbocycles. The largest absolute Gasteiger partial charge is 0.449 e. The van der Waals surface area contributed by atoms with Crippen LogP contribution in [0.5, 0.6) is 0 Å². The molecule has 2 aromatic carbocycles. The molecule has 0 amide bonds. The average molecular weight is 456 g/mol. The first-order valence-corrected chi connectivity index (χ1v) is 11.6. The second-order valence-electron chi connectivity index (χ2n) is 8.23. The van der Waals surface area contributed by atoms with Crippen LogP contribution in [0.1, 0.15) is 33.6 Å². The highest BCUT2D eigenvalue weighted by Gasteiger charge is 2.21. The fraction of sp³-hybridized carbons (Fsp3) is 0.259. The second kappa shape index (κ2) is 10.7. The minimum absolute atomic E-state index is 0.0277. The Balaban J connectivity index is 1.73. The molecule has 0 atom stereocenters. The number of benzene rings is 2. The number of anilines is 2. The summed E-state index contributed by atoms with van der Waals surface area (Å²) in [6.07, 6.45) is 6.26. The maximum absolute atomic E-state index is 12.4. The van der Waals surface area contributed by atoms with E-state index in [9.17, 15) is 4.79 Å². The summed E-state index contributed by atoms with van der Waals surface area (Å²) in [7, 11) is 0. The molecule has 0 radical (unpaired) electrons. The Bertz CT molecular complexity index is 1220. The molecule has 4 aromatic rings. The number of carbonyl (C=O) groups is 1. The van der Waals surface area contributed by atoms with Crippen molar-refractivity contribution in [2.24, 2.45) is 0 Å². The molecule has 0 aliphatic rings. The van der Waals surface area contributed by atoms with E-state index in [1.165, 1.54) is 10.9 Å². The molecule has 0 spiro atoms. The molecule has 2 heterocycles. The van der Waals surface area contributed by atoms with Crippen molar-refractivity contribution < 1.29 is 9.53 Å². The van der Waals surface area contributed by atoms with Crippen LogP contribution < -0.4 is 4.90 Å². The van der Waals surface area contributed by atoms with Crippen molar-refractivity contribution in [2.75, 3.05) is 11.5 Å². The van der Waals surface area contributed by atoms with Gasteiger partial charge in [0, 0.05) is 17.2 Å². The van der Waals surface area contributed by atoms with Gasteiger partial charge in [-0.1, -0.05) is 74.0 Å². The molecule has 0 saturated carbocycles. The number of unbranched alkanes of at least 4 members (excludes halogenated alkanes) is 1. The van der Waals surface area contributed by atoms with E-state index in [0.717, 1.165) is 35.4 Å². The monoisotopic (exact) mass is 455 g/mol. The molecule has 34 heavy (non-hydrogen) atoms. The molecule has 0 aliphatic heterocycles. The third-order valence-corrected chi connectivity index (χ3v) is 5.37. The van der Waals surface area contributed by atoms with Gasteiger partial charge in [0.05, 0.1) is 30.4 Å². The van der Waals surface area contributed by atoms with Gasteiger partial charge in [-0.25, -0.2) is 19.3 Å². The topological polar surface area (TPSA) is 73.1 Å². The Kier molecular flexibility index (Phi) is 7.32. The summed E-state index contributed by atoms with van der Waals surface area (Å²) < 4.78 is 6.67. The smallest absolute Gasteiger partial charge is 0.419 e. The number of hydrogen-bond donors (Lipinski definition) is 0. The highest BCUT2D eigenvalue weighted by molar-refractivity contribution is 5.79. The summed E-state index contributed by atoms with van der Waals surface area (Å²) >= 11 is 0. The van der Waals surface area contributed by atoms with Gasteiger partial charge in [0.1, 0.15) is 6.33 Å². The Morgan fingerprint density at radius 1 is 0.941 bits per heavy atom. The molecule has 7 heteroatoms. The molecular weight excluding hydrogens is 426 g/mol. The van der Waals surface area contributed by atoms with Gasteiger partial charge in [0.15, 0.2) is 11.6 Å². The van der Waals surface area contributed by atoms with E-state index in [4.69, 9.17) is 14.7 Å². The zero-order chi connectivity index (χ0) is 23.9. The molecule has 0 fully saturated rings. The van der Waals surface area contributed by atoms with Crippen molar-refractivity contribution in [3.8, 4) is 22.5 Å². The van der Waals surface area contributed by atoms with E-state index < -0.39 is 6.09 Å². The summed E-state index contributed by atoms with van der Waals surface area (Å²) in [4.78, 5) is 28.6. The second-order valence-corrected chi connectivity index (χ2v) is 8.23. The molecule has 0 saturated heterocycles. The standard InChI is InChI=1S/C27H29N5O2/c1-4-5-16-34-27(33)31-18-24(29-19-31)32(20(2)3)23-17-28-25(21-12-8-6-9-13-21)26(30-23)22-14-10-7-11-15-22/h6-15,17-20H,4-5,16H2,1-3H3. The first-order chi connectivity index (χ1) is 16.6. The molecule has 2 aromatic heterocycles. The quantitative estimate of drug-likeness (QED) is 0.289. The normalized spacial score (nSPS) is 10.9. The third-order valence-electron chi connectivity index (χ3n) is 5.37. The highest BCUT2D eigenvalue weighted by Crippen LogP contribution is 2.32. The zero-order valence-electron chi connectivity index (χ0n) is 19.8. The minimum Gasteiger partial charge on any atom is -0.449 e. The van der Waals surface area contributed by atoms with Crippen LogP contribution in [0.2, 0.25) is 0 Å². The molecule has 174 valence electrons. The molecule has 0 bridgehead atoms. The van der Waals surface area contributed by atoms with Crippen LogP contribution >= 0.6 is 0 Å². The van der Waals surface area contributed by atoms with Gasteiger partial charge < -0.3 is 9.64 Å². The lowest BCUT2D eigenvalue weighted by molar-refractivity contribution is 0.146. The van der Waals surface area contributed by atoms with Gasteiger partial charge in [-0.15, -0.1) is 0 Å². The fourth-order valence-corrected chi connectivity index (χ4v) is 3.66. The number of rotatable bonds is 8. The van der Waals surface area contributed by atoms with Gasteiger partial charge in [0.2, 0.25) is 0 Å². The summed E-state index contributed by atoms with van der Waals surface area (Å²) in [5.74, 6) is 1.25. The summed E-state index contributed by atoms with van der Waals surface area (Å²) in [6.45, 7) is 6.54. The van der Waals surface area contributed by atoms with E-state index in [-0.39, 0.29) is 6.04 Å². The molecular formula is C27H29N5O2. The number of hydrogen-bond acceptors (Lipinski definition) is 6. The van der Waals surface area contributed by atoms with Crippen LogP contribution in [0.15, 0.2) is 79.4 Å². The average Bonchev–Trinajstić information content (AvgIpc) is 3.35. The zero-order valence-corrected chi connectivity index (χ0v) is 19.8. The van der Waals surface area contributed by atoms with Crippen molar-refractivity contribution in [3.63, 3.8) is 0 Å². The van der Waals surface area contributed by atoms with Crippen LogP contribution in [-0.2, 0) is 4.74 Å². The van der Waals surface area contributed by atoms with Crippen LogP contribution in [0.25, 0.3) is 22.5 Å². The lowest BCUT2D eigenvalue weighted by Crippen LogP contribution is -2.27. The number of imidazole rings is 1. The van der Waals surface area contributed by atoms with Crippen LogP contribution in [0.3, 0.4) is 0 Å². The SMILES string of the molecule is CCCCOC(=O)n1cnc(N(c2cnc(-c3ccccc3)c(-c3ccccc3)n2)C(C)C)c1. The minimum atomic E-state index is -0.439. The highest BCUT2D eigenvalue weighted by atomic mass is 16.5. The van der Waals surface area contributed by atoms with E-state index in [0.29, 0.717) is 18.2 Å². The number of aromatic nitrogens is 4. The Labute approximate surface area is 200 Å². The number of ether oxygens (including phenoxy) is 1. The first-order valence-electron chi connectivity index (χ1n) is 11.6. The van der Waals surface area contributed by atoms with Crippen LogP contribution in [-0.4, -0.2) is 38.3 Å². The van der Waals surface area contributed by atoms with Crippen LogP contribution in [0.4, 0.5) is 16.4 Å². The summed E-state index contributed by atoms with van der Waals surface area (Å²) in [5, 5.41) is 0. The van der Waals surface area contributed by atoms with Gasteiger partial charge in [-0.3, -0.25) is 4.98 Å². The van der Waals surface area contributed by atoms with E-state index >= 15 is 0 Å². The molecule has 4 rings (SSSR count). The summed E-state index contributed by atoms with van der Waals surface area (Å²) in [5.41, 5.74) is 3.57. The van der Waals surface area contributed by atoms with Gasteiger partial charge >= 0.3 is 6.09 Å². The number of nitrogens with zero attached hydrogens (tertiary/aromatic N) is 5. The van der Waals surface area contributed by atoms with Gasteiger partial charge in [0.25, 0.3) is 0 Å². The van der Waals surface area contributed by atoms with E-state index in [1.54, 1.807) is 12.4 Å². The molecule has 0 N–H and O–H groups in total. The maximum Gasteiger partial charge on any atom is 0.419 e. The lowest BCUT2D eigenvalue weighted by Gasteiger charge is -2.26. The van der Waals surface area contributed by atoms with Crippen molar-refractivity contribution in [1.82, 2.24) is 19.5 Å². The maximum atomic E-state index is 12.4. The Morgan fingerprint density at radius 2 is 1.59 bits per heavy atom. The predicted octanol–water partition coefficient (Wildman–Crippen LogP) is 6.34. The van der Waals surface area contributed by atoms with Crippen molar-refractivity contribution in [3.05, 3.63) is 79.4 Å². The van der Waals surface area contributed by atoms with Crippen molar-refractivity contribution in [2.45, 2.75) is 39.7 Å². The fourth-order valence-electron chi connectivity index (χ4n) is 3.66. The molecule has 0 unspecified atom stereocenters. The number of carbonyl (C=O) groups excluding carboxylic acids is 1.